The lowest BCUT2D eigenvalue weighted by atomic mass is 9.85. The van der Waals surface area contributed by atoms with E-state index in [-0.39, 0.29) is 17.8 Å². The van der Waals surface area contributed by atoms with Gasteiger partial charge >= 0.3 is 0 Å². The Balaban J connectivity index is 1.62. The standard InChI is InChI=1S/C13H20N4O2/c1-17(8-9-4-2-5-9)13(18)11-15-12(19-16-11)10-6-3-7-14-10/h9-10,14H,2-8H2,1H3. The van der Waals surface area contributed by atoms with E-state index in [0.717, 1.165) is 25.9 Å². The predicted molar refractivity (Wildman–Crippen MR) is 68.6 cm³/mol. The fourth-order valence-electron chi connectivity index (χ4n) is 2.68. The molecule has 6 nitrogen and oxygen atoms in total. The maximum Gasteiger partial charge on any atom is 0.295 e. The largest absolute Gasteiger partial charge is 0.339 e. The third-order valence-electron chi connectivity index (χ3n) is 4.09. The number of hydrogen-bond donors (Lipinski definition) is 1. The number of amides is 1. The molecule has 1 saturated carbocycles. The molecule has 0 radical (unpaired) electrons. The van der Waals surface area contributed by atoms with Crippen molar-refractivity contribution >= 4 is 5.91 Å². The zero-order valence-corrected chi connectivity index (χ0v) is 11.3. The Morgan fingerprint density at radius 2 is 2.26 bits per heavy atom. The first-order valence-corrected chi connectivity index (χ1v) is 7.06. The SMILES string of the molecule is CN(CC1CCC1)C(=O)c1noc(C2CCCN2)n1. The Hall–Kier alpha value is -1.43. The number of aromatic nitrogens is 2. The summed E-state index contributed by atoms with van der Waals surface area (Å²) in [6, 6.07) is 0.117. The monoisotopic (exact) mass is 264 g/mol. The molecule has 0 spiro atoms. The fourth-order valence-corrected chi connectivity index (χ4v) is 2.68. The maximum atomic E-state index is 12.2. The van der Waals surface area contributed by atoms with Gasteiger partial charge in [-0.2, -0.15) is 4.98 Å². The summed E-state index contributed by atoms with van der Waals surface area (Å²) < 4.78 is 5.19. The second-order valence-electron chi connectivity index (χ2n) is 5.59. The molecule has 2 aliphatic rings. The molecule has 0 aromatic carbocycles. The zero-order chi connectivity index (χ0) is 13.2. The van der Waals surface area contributed by atoms with E-state index < -0.39 is 0 Å². The van der Waals surface area contributed by atoms with Crippen LogP contribution in [0.5, 0.6) is 0 Å². The van der Waals surface area contributed by atoms with Crippen LogP contribution in [-0.2, 0) is 0 Å². The van der Waals surface area contributed by atoms with Gasteiger partial charge in [0.15, 0.2) is 0 Å². The molecule has 0 bridgehead atoms. The Kier molecular flexibility index (Phi) is 3.50. The fraction of sp³-hybridized carbons (Fsp3) is 0.769. The third-order valence-corrected chi connectivity index (χ3v) is 4.09. The number of nitrogens with zero attached hydrogens (tertiary/aromatic N) is 3. The molecule has 1 N–H and O–H groups in total. The highest BCUT2D eigenvalue weighted by Gasteiger charge is 2.27. The summed E-state index contributed by atoms with van der Waals surface area (Å²) in [6.45, 7) is 1.77. The molecule has 1 atom stereocenters. The summed E-state index contributed by atoms with van der Waals surface area (Å²) in [7, 11) is 1.81. The molecule has 19 heavy (non-hydrogen) atoms. The number of carbonyl (C=O) groups is 1. The van der Waals surface area contributed by atoms with Crippen LogP contribution in [0, 0.1) is 5.92 Å². The minimum atomic E-state index is -0.139. The van der Waals surface area contributed by atoms with Crippen molar-refractivity contribution < 1.29 is 9.32 Å². The highest BCUT2D eigenvalue weighted by atomic mass is 16.5. The second-order valence-corrected chi connectivity index (χ2v) is 5.59. The third kappa shape index (κ3) is 2.63. The first-order chi connectivity index (χ1) is 9.24. The van der Waals surface area contributed by atoms with Gasteiger partial charge in [-0.3, -0.25) is 4.79 Å². The summed E-state index contributed by atoms with van der Waals surface area (Å²) in [5, 5.41) is 7.10. The van der Waals surface area contributed by atoms with Crippen LogP contribution >= 0.6 is 0 Å². The molecule has 1 amide bonds. The van der Waals surface area contributed by atoms with Gasteiger partial charge in [0.25, 0.3) is 11.7 Å². The van der Waals surface area contributed by atoms with Gasteiger partial charge in [-0.1, -0.05) is 11.6 Å². The molecule has 1 aromatic heterocycles. The van der Waals surface area contributed by atoms with Crippen LogP contribution < -0.4 is 5.32 Å². The molecule has 1 aliphatic heterocycles. The van der Waals surface area contributed by atoms with Crippen LogP contribution in [-0.4, -0.2) is 41.1 Å². The molecule has 1 unspecified atom stereocenters. The van der Waals surface area contributed by atoms with Crippen LogP contribution in [0.15, 0.2) is 4.52 Å². The van der Waals surface area contributed by atoms with E-state index in [2.05, 4.69) is 15.5 Å². The van der Waals surface area contributed by atoms with Crippen molar-refractivity contribution in [1.82, 2.24) is 20.4 Å². The van der Waals surface area contributed by atoms with Gasteiger partial charge in [-0.05, 0) is 38.1 Å². The lowest BCUT2D eigenvalue weighted by molar-refractivity contribution is 0.0730. The average molecular weight is 264 g/mol. The molecule has 1 saturated heterocycles. The lowest BCUT2D eigenvalue weighted by Crippen LogP contribution is -2.34. The van der Waals surface area contributed by atoms with E-state index in [1.54, 1.807) is 4.90 Å². The lowest BCUT2D eigenvalue weighted by Gasteiger charge is -2.29. The Morgan fingerprint density at radius 1 is 1.42 bits per heavy atom. The van der Waals surface area contributed by atoms with E-state index >= 15 is 0 Å². The van der Waals surface area contributed by atoms with Gasteiger partial charge in [0, 0.05) is 13.6 Å². The summed E-state index contributed by atoms with van der Waals surface area (Å²) in [5.41, 5.74) is 0. The average Bonchev–Trinajstić information content (AvgIpc) is 3.01. The topological polar surface area (TPSA) is 71.3 Å². The highest BCUT2D eigenvalue weighted by Crippen LogP contribution is 2.27. The van der Waals surface area contributed by atoms with Gasteiger partial charge in [-0.25, -0.2) is 0 Å². The maximum absolute atomic E-state index is 12.2. The summed E-state index contributed by atoms with van der Waals surface area (Å²) in [5.74, 6) is 1.24. The smallest absolute Gasteiger partial charge is 0.295 e. The molecule has 104 valence electrons. The van der Waals surface area contributed by atoms with E-state index in [0.29, 0.717) is 11.8 Å². The Morgan fingerprint density at radius 3 is 2.89 bits per heavy atom. The van der Waals surface area contributed by atoms with Gasteiger partial charge < -0.3 is 14.7 Å². The molecule has 1 aliphatic carbocycles. The van der Waals surface area contributed by atoms with Crippen molar-refractivity contribution in [3.05, 3.63) is 11.7 Å². The molecule has 3 rings (SSSR count). The van der Waals surface area contributed by atoms with Crippen molar-refractivity contribution in [1.29, 1.82) is 0 Å². The first-order valence-electron chi connectivity index (χ1n) is 7.06. The van der Waals surface area contributed by atoms with Gasteiger partial charge in [0.1, 0.15) is 0 Å². The van der Waals surface area contributed by atoms with Crippen molar-refractivity contribution in [2.75, 3.05) is 20.1 Å². The summed E-state index contributed by atoms with van der Waals surface area (Å²) in [6.07, 6.45) is 5.83. The van der Waals surface area contributed by atoms with Gasteiger partial charge in [0.05, 0.1) is 6.04 Å². The van der Waals surface area contributed by atoms with E-state index in [4.69, 9.17) is 4.52 Å². The molecule has 2 fully saturated rings. The van der Waals surface area contributed by atoms with Gasteiger partial charge in [-0.15, -0.1) is 0 Å². The minimum Gasteiger partial charge on any atom is -0.339 e. The molecule has 1 aromatic rings. The van der Waals surface area contributed by atoms with E-state index in [1.807, 2.05) is 7.05 Å². The second kappa shape index (κ2) is 5.28. The van der Waals surface area contributed by atoms with Crippen molar-refractivity contribution in [3.63, 3.8) is 0 Å². The summed E-state index contributed by atoms with van der Waals surface area (Å²) >= 11 is 0. The van der Waals surface area contributed by atoms with Gasteiger partial charge in [0.2, 0.25) is 5.89 Å². The molecule has 6 heteroatoms. The Bertz CT molecular complexity index is 449. The van der Waals surface area contributed by atoms with Crippen LogP contribution in [0.1, 0.15) is 54.7 Å². The quantitative estimate of drug-likeness (QED) is 0.889. The number of carbonyl (C=O) groups excluding carboxylic acids is 1. The van der Waals surface area contributed by atoms with Crippen LogP contribution in [0.25, 0.3) is 0 Å². The van der Waals surface area contributed by atoms with Crippen LogP contribution in [0.3, 0.4) is 0 Å². The zero-order valence-electron chi connectivity index (χ0n) is 11.3. The van der Waals surface area contributed by atoms with E-state index in [1.165, 1.54) is 19.3 Å². The molecule has 2 heterocycles. The first kappa shape index (κ1) is 12.6. The van der Waals surface area contributed by atoms with Crippen LogP contribution in [0.4, 0.5) is 0 Å². The van der Waals surface area contributed by atoms with Crippen molar-refractivity contribution in [3.8, 4) is 0 Å². The normalized spacial score (nSPS) is 23.3. The van der Waals surface area contributed by atoms with Crippen molar-refractivity contribution in [2.45, 2.75) is 38.1 Å². The van der Waals surface area contributed by atoms with Crippen molar-refractivity contribution in [2.24, 2.45) is 5.92 Å². The van der Waals surface area contributed by atoms with Crippen LogP contribution in [0.2, 0.25) is 0 Å². The molecular formula is C13H20N4O2. The summed E-state index contributed by atoms with van der Waals surface area (Å²) in [4.78, 5) is 18.1. The molecular weight excluding hydrogens is 244 g/mol. The highest BCUT2D eigenvalue weighted by molar-refractivity contribution is 5.90. The number of hydrogen-bond acceptors (Lipinski definition) is 5. The van der Waals surface area contributed by atoms with E-state index in [9.17, 15) is 4.79 Å². The number of rotatable bonds is 4. The minimum absolute atomic E-state index is 0.117. The Labute approximate surface area is 112 Å². The predicted octanol–water partition coefficient (Wildman–Crippen LogP) is 1.37. The number of nitrogens with one attached hydrogen (secondary N) is 1.